The minimum absolute atomic E-state index is 0.1000. The SMILES string of the molecule is O=C(/C=C/c1ccc2c(c1)OCO2)c1ccc(OC(F)F)cc1OC(F)F. The maximum atomic E-state index is 12.6. The number of halogens is 4. The van der Waals surface area contributed by atoms with E-state index in [1.807, 2.05) is 0 Å². The van der Waals surface area contributed by atoms with Gasteiger partial charge in [0.2, 0.25) is 6.79 Å². The van der Waals surface area contributed by atoms with Crippen LogP contribution in [0, 0.1) is 0 Å². The first-order valence-electron chi connectivity index (χ1n) is 7.58. The smallest absolute Gasteiger partial charge is 0.387 e. The fourth-order valence-electron chi connectivity index (χ4n) is 2.35. The predicted octanol–water partition coefficient (Wildman–Crippen LogP) is 4.51. The molecule has 0 spiro atoms. The van der Waals surface area contributed by atoms with Crippen LogP contribution in [0.3, 0.4) is 0 Å². The third kappa shape index (κ3) is 4.69. The van der Waals surface area contributed by atoms with Gasteiger partial charge in [-0.15, -0.1) is 0 Å². The number of fused-ring (bicyclic) bond motifs is 1. The Kier molecular flexibility index (Phi) is 5.49. The van der Waals surface area contributed by atoms with E-state index in [0.717, 1.165) is 24.3 Å². The van der Waals surface area contributed by atoms with Gasteiger partial charge < -0.3 is 18.9 Å². The van der Waals surface area contributed by atoms with Crippen molar-refractivity contribution in [1.82, 2.24) is 0 Å². The second-order valence-electron chi connectivity index (χ2n) is 5.23. The van der Waals surface area contributed by atoms with Crippen molar-refractivity contribution in [2.24, 2.45) is 0 Å². The molecule has 0 saturated carbocycles. The highest BCUT2D eigenvalue weighted by Gasteiger charge is 2.17. The fourth-order valence-corrected chi connectivity index (χ4v) is 2.35. The molecule has 0 aromatic heterocycles. The van der Waals surface area contributed by atoms with Gasteiger partial charge in [0, 0.05) is 6.07 Å². The molecule has 0 amide bonds. The summed E-state index contributed by atoms with van der Waals surface area (Å²) < 4.78 is 68.5. The van der Waals surface area contributed by atoms with Gasteiger partial charge in [-0.05, 0) is 35.9 Å². The molecule has 1 aliphatic heterocycles. The van der Waals surface area contributed by atoms with E-state index in [0.29, 0.717) is 17.1 Å². The van der Waals surface area contributed by atoms with Crippen LogP contribution in [-0.4, -0.2) is 25.8 Å². The van der Waals surface area contributed by atoms with E-state index in [1.54, 1.807) is 18.2 Å². The van der Waals surface area contributed by atoms with Gasteiger partial charge in [0.05, 0.1) is 5.56 Å². The van der Waals surface area contributed by atoms with Gasteiger partial charge in [0.1, 0.15) is 11.5 Å². The normalized spacial score (nSPS) is 12.8. The summed E-state index contributed by atoms with van der Waals surface area (Å²) in [6, 6.07) is 7.91. The van der Waals surface area contributed by atoms with E-state index < -0.39 is 30.5 Å². The number of benzene rings is 2. The number of ketones is 1. The highest BCUT2D eigenvalue weighted by Crippen LogP contribution is 2.33. The van der Waals surface area contributed by atoms with E-state index >= 15 is 0 Å². The summed E-state index contributed by atoms with van der Waals surface area (Å²) in [5, 5.41) is 0. The van der Waals surface area contributed by atoms with Crippen LogP contribution < -0.4 is 18.9 Å². The number of rotatable bonds is 7. The Hall–Kier alpha value is -3.23. The van der Waals surface area contributed by atoms with E-state index in [2.05, 4.69) is 9.47 Å². The van der Waals surface area contributed by atoms with Gasteiger partial charge in [0.25, 0.3) is 0 Å². The predicted molar refractivity (Wildman–Crippen MR) is 85.6 cm³/mol. The lowest BCUT2D eigenvalue weighted by molar-refractivity contribution is -0.0544. The Morgan fingerprint density at radius 3 is 2.44 bits per heavy atom. The van der Waals surface area contributed by atoms with Crippen LogP contribution in [0.1, 0.15) is 15.9 Å². The molecule has 142 valence electrons. The number of allylic oxidation sites excluding steroid dienone is 1. The van der Waals surface area contributed by atoms with Crippen LogP contribution >= 0.6 is 0 Å². The number of carbonyl (C=O) groups excluding carboxylic acids is 1. The monoisotopic (exact) mass is 384 g/mol. The quantitative estimate of drug-likeness (QED) is 0.399. The Morgan fingerprint density at radius 2 is 1.70 bits per heavy atom. The summed E-state index contributed by atoms with van der Waals surface area (Å²) >= 11 is 0. The zero-order valence-corrected chi connectivity index (χ0v) is 13.5. The molecule has 3 rings (SSSR count). The topological polar surface area (TPSA) is 54.0 Å². The Balaban J connectivity index is 1.82. The van der Waals surface area contributed by atoms with Crippen molar-refractivity contribution in [2.75, 3.05) is 6.79 Å². The molecule has 0 bridgehead atoms. The van der Waals surface area contributed by atoms with Gasteiger partial charge in [-0.1, -0.05) is 12.1 Å². The van der Waals surface area contributed by atoms with Crippen molar-refractivity contribution in [1.29, 1.82) is 0 Å². The average Bonchev–Trinajstić information content (AvgIpc) is 3.06. The molecular weight excluding hydrogens is 372 g/mol. The average molecular weight is 384 g/mol. The zero-order valence-electron chi connectivity index (χ0n) is 13.5. The first-order valence-corrected chi connectivity index (χ1v) is 7.58. The number of ether oxygens (including phenoxy) is 4. The van der Waals surface area contributed by atoms with Crippen molar-refractivity contribution in [3.05, 3.63) is 53.6 Å². The van der Waals surface area contributed by atoms with Gasteiger partial charge in [-0.3, -0.25) is 4.79 Å². The first kappa shape index (κ1) is 18.6. The molecule has 0 saturated heterocycles. The van der Waals surface area contributed by atoms with E-state index in [4.69, 9.17) is 9.47 Å². The number of hydrogen-bond acceptors (Lipinski definition) is 5. The van der Waals surface area contributed by atoms with Crippen LogP contribution in [0.15, 0.2) is 42.5 Å². The molecule has 1 heterocycles. The molecule has 9 heteroatoms. The minimum Gasteiger partial charge on any atom is -0.454 e. The van der Waals surface area contributed by atoms with Gasteiger partial charge in [-0.25, -0.2) is 0 Å². The van der Waals surface area contributed by atoms with Crippen molar-refractivity contribution in [2.45, 2.75) is 13.2 Å². The summed E-state index contributed by atoms with van der Waals surface area (Å²) in [7, 11) is 0. The Labute approximate surface area is 150 Å². The molecule has 2 aromatic rings. The Bertz CT molecular complexity index is 867. The summed E-state index contributed by atoms with van der Waals surface area (Å²) in [5.74, 6) is -0.548. The van der Waals surface area contributed by atoms with Gasteiger partial charge in [-0.2, -0.15) is 17.6 Å². The number of carbonyl (C=O) groups is 1. The van der Waals surface area contributed by atoms with E-state index in [-0.39, 0.29) is 12.4 Å². The zero-order chi connectivity index (χ0) is 19.4. The van der Waals surface area contributed by atoms with Crippen LogP contribution in [0.5, 0.6) is 23.0 Å². The highest BCUT2D eigenvalue weighted by atomic mass is 19.3. The lowest BCUT2D eigenvalue weighted by atomic mass is 10.1. The maximum absolute atomic E-state index is 12.6. The molecule has 0 fully saturated rings. The molecular formula is C18H12F4O5. The molecule has 0 aliphatic carbocycles. The molecule has 0 N–H and O–H groups in total. The second-order valence-corrected chi connectivity index (χ2v) is 5.23. The van der Waals surface area contributed by atoms with Gasteiger partial charge >= 0.3 is 13.2 Å². The van der Waals surface area contributed by atoms with Crippen molar-refractivity contribution < 1.29 is 41.3 Å². The molecule has 1 aliphatic rings. The number of alkyl halides is 4. The van der Waals surface area contributed by atoms with Crippen LogP contribution in [0.2, 0.25) is 0 Å². The summed E-state index contributed by atoms with van der Waals surface area (Å²) in [4.78, 5) is 12.3. The third-order valence-electron chi connectivity index (χ3n) is 3.48. The van der Waals surface area contributed by atoms with E-state index in [9.17, 15) is 22.4 Å². The third-order valence-corrected chi connectivity index (χ3v) is 3.48. The highest BCUT2D eigenvalue weighted by molar-refractivity contribution is 6.08. The fraction of sp³-hybridized carbons (Fsp3) is 0.167. The maximum Gasteiger partial charge on any atom is 0.387 e. The van der Waals surface area contributed by atoms with E-state index in [1.165, 1.54) is 6.08 Å². The first-order chi connectivity index (χ1) is 12.9. The van der Waals surface area contributed by atoms with Crippen molar-refractivity contribution in [3.63, 3.8) is 0 Å². The van der Waals surface area contributed by atoms with Crippen LogP contribution in [0.4, 0.5) is 17.6 Å². The minimum atomic E-state index is -3.24. The molecule has 5 nitrogen and oxygen atoms in total. The molecule has 0 atom stereocenters. The molecule has 2 aromatic carbocycles. The second kappa shape index (κ2) is 7.98. The summed E-state index contributed by atoms with van der Waals surface area (Å²) in [5.41, 5.74) is 0.385. The lowest BCUT2D eigenvalue weighted by Gasteiger charge is -2.11. The van der Waals surface area contributed by atoms with Crippen molar-refractivity contribution in [3.8, 4) is 23.0 Å². The van der Waals surface area contributed by atoms with Crippen LogP contribution in [0.25, 0.3) is 6.08 Å². The van der Waals surface area contributed by atoms with Crippen LogP contribution in [-0.2, 0) is 0 Å². The number of hydrogen-bond donors (Lipinski definition) is 0. The standard InChI is InChI=1S/C18H12F4O5/c19-17(20)26-11-3-4-12(15(8-11)27-18(21)22)13(23)5-1-10-2-6-14-16(7-10)25-9-24-14/h1-8,17-18H,9H2/b5-1+. The molecule has 27 heavy (non-hydrogen) atoms. The molecule has 0 unspecified atom stereocenters. The van der Waals surface area contributed by atoms with Gasteiger partial charge in [0.15, 0.2) is 17.3 Å². The summed E-state index contributed by atoms with van der Waals surface area (Å²) in [6.45, 7) is -6.28. The lowest BCUT2D eigenvalue weighted by Crippen LogP contribution is -2.08. The largest absolute Gasteiger partial charge is 0.454 e. The Morgan fingerprint density at radius 1 is 0.963 bits per heavy atom. The van der Waals surface area contributed by atoms with Crippen molar-refractivity contribution >= 4 is 11.9 Å². The summed E-state index contributed by atoms with van der Waals surface area (Å²) in [6.07, 6.45) is 2.58. The molecule has 0 radical (unpaired) electrons.